The lowest BCUT2D eigenvalue weighted by Crippen LogP contribution is -2.35. The highest BCUT2D eigenvalue weighted by Gasteiger charge is 2.26. The molecule has 25 heavy (non-hydrogen) atoms. The van der Waals surface area contributed by atoms with E-state index in [0.29, 0.717) is 24.1 Å². The van der Waals surface area contributed by atoms with Gasteiger partial charge in [-0.1, -0.05) is 18.2 Å². The smallest absolute Gasteiger partial charge is 0.289 e. The van der Waals surface area contributed by atoms with E-state index in [0.717, 1.165) is 17.6 Å². The lowest BCUT2D eigenvalue weighted by Gasteiger charge is -2.26. The van der Waals surface area contributed by atoms with Crippen LogP contribution in [0.1, 0.15) is 21.8 Å². The number of rotatable bonds is 1. The Morgan fingerprint density at radius 1 is 1.16 bits per heavy atom. The van der Waals surface area contributed by atoms with Crippen molar-refractivity contribution in [3.8, 4) is 0 Å². The van der Waals surface area contributed by atoms with E-state index in [-0.39, 0.29) is 17.5 Å². The molecule has 1 aliphatic rings. The summed E-state index contributed by atoms with van der Waals surface area (Å²) in [5.74, 6) is -0.255. The van der Waals surface area contributed by atoms with Gasteiger partial charge in [0.05, 0.1) is 6.54 Å². The molecule has 0 radical (unpaired) electrons. The fraction of sp³-hybridized carbons (Fsp3) is 0.150. The molecule has 5 heteroatoms. The summed E-state index contributed by atoms with van der Waals surface area (Å²) in [6.45, 7) is 1.16. The third-order valence-corrected chi connectivity index (χ3v) is 4.86. The van der Waals surface area contributed by atoms with E-state index >= 15 is 0 Å². The van der Waals surface area contributed by atoms with Crippen LogP contribution >= 0.6 is 0 Å². The van der Waals surface area contributed by atoms with E-state index in [1.807, 2.05) is 18.2 Å². The zero-order chi connectivity index (χ0) is 17.0. The largest absolute Gasteiger partial charge is 0.451 e. The van der Waals surface area contributed by atoms with Crippen molar-refractivity contribution in [3.63, 3.8) is 0 Å². The Morgan fingerprint density at radius 3 is 2.96 bits per heavy atom. The quantitative estimate of drug-likeness (QED) is 0.566. The van der Waals surface area contributed by atoms with Crippen molar-refractivity contribution >= 4 is 27.8 Å². The molecule has 0 saturated heterocycles. The molecule has 3 heterocycles. The summed E-state index contributed by atoms with van der Waals surface area (Å²) < 4.78 is 18.9. The number of furan rings is 1. The van der Waals surface area contributed by atoms with Gasteiger partial charge in [0.15, 0.2) is 5.76 Å². The molecule has 5 rings (SSSR count). The summed E-state index contributed by atoms with van der Waals surface area (Å²) in [6, 6.07) is 14.1. The van der Waals surface area contributed by atoms with Crippen LogP contribution in [0.3, 0.4) is 0 Å². The van der Waals surface area contributed by atoms with Gasteiger partial charge in [0.25, 0.3) is 5.91 Å². The van der Waals surface area contributed by atoms with Gasteiger partial charge in [-0.15, -0.1) is 0 Å². The fourth-order valence-electron chi connectivity index (χ4n) is 3.64. The number of para-hydroxylation sites is 1. The molecule has 0 bridgehead atoms. The number of H-pyrrole nitrogens is 1. The first kappa shape index (κ1) is 14.3. The summed E-state index contributed by atoms with van der Waals surface area (Å²) >= 11 is 0. The van der Waals surface area contributed by atoms with Crippen LogP contribution in [0, 0.1) is 5.82 Å². The summed E-state index contributed by atoms with van der Waals surface area (Å²) in [7, 11) is 0. The van der Waals surface area contributed by atoms with Gasteiger partial charge < -0.3 is 14.3 Å². The maximum Gasteiger partial charge on any atom is 0.289 e. The Hall–Kier alpha value is -3.08. The lowest BCUT2D eigenvalue weighted by molar-refractivity contribution is 0.0703. The molecule has 124 valence electrons. The number of nitrogens with one attached hydrogen (secondary N) is 1. The van der Waals surface area contributed by atoms with Crippen molar-refractivity contribution in [1.29, 1.82) is 0 Å². The number of halogens is 1. The number of hydrogen-bond acceptors (Lipinski definition) is 2. The van der Waals surface area contributed by atoms with Gasteiger partial charge >= 0.3 is 0 Å². The van der Waals surface area contributed by atoms with Crippen molar-refractivity contribution in [2.24, 2.45) is 0 Å². The second-order valence-corrected chi connectivity index (χ2v) is 6.40. The Bertz CT molecular complexity index is 1130. The summed E-state index contributed by atoms with van der Waals surface area (Å²) in [5, 5.41) is 1.83. The molecule has 2 aromatic heterocycles. The monoisotopic (exact) mass is 334 g/mol. The average molecular weight is 334 g/mol. The Morgan fingerprint density at radius 2 is 2.04 bits per heavy atom. The standard InChI is InChI=1S/C20H15FN2O2/c21-13-5-6-18-12(9-13)10-19(25-18)20(24)23-8-7-15-14-3-1-2-4-16(14)22-17(15)11-23/h1-6,9-10,22H,7-8,11H2. The predicted molar refractivity (Wildman–Crippen MR) is 92.9 cm³/mol. The Balaban J connectivity index is 1.48. The molecule has 4 aromatic rings. The number of carbonyl (C=O) groups excluding carboxylic acids is 1. The number of aromatic nitrogens is 1. The maximum atomic E-state index is 13.3. The molecule has 0 fully saturated rings. The maximum absolute atomic E-state index is 13.3. The van der Waals surface area contributed by atoms with Crippen LogP contribution in [0.15, 0.2) is 52.9 Å². The number of amides is 1. The highest BCUT2D eigenvalue weighted by molar-refractivity contribution is 5.96. The zero-order valence-corrected chi connectivity index (χ0v) is 13.4. The Kier molecular flexibility index (Phi) is 2.98. The van der Waals surface area contributed by atoms with Crippen LogP contribution in [0.25, 0.3) is 21.9 Å². The molecule has 0 atom stereocenters. The summed E-state index contributed by atoms with van der Waals surface area (Å²) in [6.07, 6.45) is 0.805. The van der Waals surface area contributed by atoms with Gasteiger partial charge in [-0.2, -0.15) is 0 Å². The summed E-state index contributed by atoms with van der Waals surface area (Å²) in [4.78, 5) is 18.0. The topological polar surface area (TPSA) is 49.2 Å². The first-order valence-corrected chi connectivity index (χ1v) is 8.26. The van der Waals surface area contributed by atoms with Gasteiger partial charge in [-0.25, -0.2) is 4.39 Å². The normalized spacial score (nSPS) is 14.2. The minimum absolute atomic E-state index is 0.166. The van der Waals surface area contributed by atoms with Crippen LogP contribution in [0.4, 0.5) is 4.39 Å². The van der Waals surface area contributed by atoms with E-state index in [1.165, 1.54) is 23.1 Å². The molecule has 2 aromatic carbocycles. The summed E-state index contributed by atoms with van der Waals surface area (Å²) in [5.41, 5.74) is 3.98. The molecular formula is C20H15FN2O2. The van der Waals surface area contributed by atoms with Gasteiger partial charge in [-0.3, -0.25) is 4.79 Å². The lowest BCUT2D eigenvalue weighted by atomic mass is 10.0. The van der Waals surface area contributed by atoms with Gasteiger partial charge in [0, 0.05) is 28.5 Å². The first-order valence-electron chi connectivity index (χ1n) is 8.26. The van der Waals surface area contributed by atoms with Crippen molar-refractivity contribution in [2.75, 3.05) is 6.54 Å². The highest BCUT2D eigenvalue weighted by Crippen LogP contribution is 2.29. The van der Waals surface area contributed by atoms with E-state index in [2.05, 4.69) is 11.1 Å². The molecule has 0 aliphatic carbocycles. The van der Waals surface area contributed by atoms with Gasteiger partial charge in [-0.05, 0) is 42.3 Å². The number of aromatic amines is 1. The molecule has 4 nitrogen and oxygen atoms in total. The number of nitrogens with zero attached hydrogens (tertiary/aromatic N) is 1. The van der Waals surface area contributed by atoms with Crippen LogP contribution < -0.4 is 0 Å². The fourth-order valence-corrected chi connectivity index (χ4v) is 3.64. The number of fused-ring (bicyclic) bond motifs is 4. The van der Waals surface area contributed by atoms with Crippen LogP contribution in [0.2, 0.25) is 0 Å². The van der Waals surface area contributed by atoms with Crippen molar-refractivity contribution in [3.05, 3.63) is 71.4 Å². The number of benzene rings is 2. The average Bonchev–Trinajstić information content (AvgIpc) is 3.21. The van der Waals surface area contributed by atoms with E-state index in [4.69, 9.17) is 4.42 Å². The van der Waals surface area contributed by atoms with Crippen LogP contribution in [-0.2, 0) is 13.0 Å². The third kappa shape index (κ3) is 2.23. The van der Waals surface area contributed by atoms with Crippen LogP contribution in [0.5, 0.6) is 0 Å². The second kappa shape index (κ2) is 5.21. The Labute approximate surface area is 142 Å². The number of carbonyl (C=O) groups is 1. The van der Waals surface area contributed by atoms with Gasteiger partial charge in [0.1, 0.15) is 11.4 Å². The number of hydrogen-bond donors (Lipinski definition) is 1. The van der Waals surface area contributed by atoms with Gasteiger partial charge in [0.2, 0.25) is 0 Å². The molecule has 1 N–H and O–H groups in total. The zero-order valence-electron chi connectivity index (χ0n) is 13.4. The van der Waals surface area contributed by atoms with Crippen molar-refractivity contribution < 1.29 is 13.6 Å². The van der Waals surface area contributed by atoms with Crippen LogP contribution in [-0.4, -0.2) is 22.3 Å². The van der Waals surface area contributed by atoms with Crippen molar-refractivity contribution in [1.82, 2.24) is 9.88 Å². The second-order valence-electron chi connectivity index (χ2n) is 6.40. The SMILES string of the molecule is O=C(c1cc2cc(F)ccc2o1)N1CCc2c([nH]c3ccccc23)C1. The van der Waals surface area contributed by atoms with E-state index in [1.54, 1.807) is 17.0 Å². The van der Waals surface area contributed by atoms with E-state index < -0.39 is 0 Å². The molecule has 0 unspecified atom stereocenters. The third-order valence-electron chi connectivity index (χ3n) is 4.86. The minimum Gasteiger partial charge on any atom is -0.451 e. The van der Waals surface area contributed by atoms with E-state index in [9.17, 15) is 9.18 Å². The molecule has 0 spiro atoms. The first-order chi connectivity index (χ1) is 12.2. The molecule has 0 saturated carbocycles. The molecular weight excluding hydrogens is 319 g/mol. The molecule has 1 amide bonds. The van der Waals surface area contributed by atoms with Crippen molar-refractivity contribution in [2.45, 2.75) is 13.0 Å². The molecule has 1 aliphatic heterocycles. The predicted octanol–water partition coefficient (Wildman–Crippen LogP) is 4.25. The highest BCUT2D eigenvalue weighted by atomic mass is 19.1. The minimum atomic E-state index is -0.340.